The van der Waals surface area contributed by atoms with Gasteiger partial charge in [-0.25, -0.2) is 0 Å². The molecule has 0 radical (unpaired) electrons. The van der Waals surface area contributed by atoms with Gasteiger partial charge in [-0.05, 0) is 49.8 Å². The Morgan fingerprint density at radius 3 is 2.47 bits per heavy atom. The van der Waals surface area contributed by atoms with Crippen molar-refractivity contribution in [1.29, 1.82) is 0 Å². The summed E-state index contributed by atoms with van der Waals surface area (Å²) in [6, 6.07) is 2.10. The van der Waals surface area contributed by atoms with Crippen molar-refractivity contribution in [2.75, 3.05) is 6.54 Å². The van der Waals surface area contributed by atoms with Gasteiger partial charge in [-0.3, -0.25) is 14.4 Å². The fraction of sp³-hybridized carbons (Fsp3) is 0.550. The summed E-state index contributed by atoms with van der Waals surface area (Å²) in [5.41, 5.74) is 9.18. The minimum atomic E-state index is -4.70. The molecule has 30 heavy (non-hydrogen) atoms. The number of hydrogen-bond donors (Lipinski definition) is 4. The molecular formula is C20H27F3N4O3. The number of nitrogens with two attached hydrogens (primary N) is 2. The van der Waals surface area contributed by atoms with E-state index in [1.807, 2.05) is 6.92 Å². The maximum absolute atomic E-state index is 12.9. The third kappa shape index (κ3) is 6.19. The minimum Gasteiger partial charge on any atom is -0.366 e. The molecule has 6 N–H and O–H groups in total. The van der Waals surface area contributed by atoms with Crippen molar-refractivity contribution in [3.63, 3.8) is 0 Å². The molecule has 0 saturated heterocycles. The Labute approximate surface area is 172 Å². The number of rotatable bonds is 7. The molecule has 1 aliphatic rings. The van der Waals surface area contributed by atoms with Crippen LogP contribution in [0.15, 0.2) is 18.2 Å². The highest BCUT2D eigenvalue weighted by atomic mass is 19.4. The summed E-state index contributed by atoms with van der Waals surface area (Å²) in [6.45, 7) is 1.61. The van der Waals surface area contributed by atoms with E-state index < -0.39 is 41.6 Å². The van der Waals surface area contributed by atoms with Crippen LogP contribution in [0.3, 0.4) is 0 Å². The minimum absolute atomic E-state index is 0.0658. The van der Waals surface area contributed by atoms with Crippen LogP contribution in [0.25, 0.3) is 0 Å². The lowest BCUT2D eigenvalue weighted by Gasteiger charge is -2.35. The molecule has 0 aromatic heterocycles. The van der Waals surface area contributed by atoms with Crippen LogP contribution in [0.5, 0.6) is 0 Å². The average molecular weight is 428 g/mol. The van der Waals surface area contributed by atoms with E-state index in [-0.39, 0.29) is 23.6 Å². The summed E-state index contributed by atoms with van der Waals surface area (Å²) in [5.74, 6) is -2.25. The fourth-order valence-corrected chi connectivity index (χ4v) is 3.82. The van der Waals surface area contributed by atoms with Crippen molar-refractivity contribution in [1.82, 2.24) is 10.6 Å². The lowest BCUT2D eigenvalue weighted by atomic mass is 9.79. The summed E-state index contributed by atoms with van der Waals surface area (Å²) >= 11 is 0. The first kappa shape index (κ1) is 23.7. The number of halogens is 3. The normalized spacial score (nSPS) is 21.7. The molecule has 0 heterocycles. The molecule has 10 heteroatoms. The van der Waals surface area contributed by atoms with Crippen molar-refractivity contribution in [2.24, 2.45) is 17.4 Å². The maximum atomic E-state index is 12.9. The molecule has 0 aliphatic heterocycles. The van der Waals surface area contributed by atoms with Crippen LogP contribution >= 0.6 is 0 Å². The molecule has 3 atom stereocenters. The first-order valence-corrected chi connectivity index (χ1v) is 9.87. The Morgan fingerprint density at radius 2 is 1.87 bits per heavy atom. The highest BCUT2D eigenvalue weighted by Crippen LogP contribution is 2.30. The van der Waals surface area contributed by atoms with Gasteiger partial charge in [0, 0.05) is 12.1 Å². The lowest BCUT2D eigenvalue weighted by Crippen LogP contribution is -2.49. The van der Waals surface area contributed by atoms with Gasteiger partial charge in [0.05, 0.1) is 23.2 Å². The molecule has 2 rings (SSSR count). The second-order valence-corrected chi connectivity index (χ2v) is 7.60. The Balaban J connectivity index is 2.04. The van der Waals surface area contributed by atoms with E-state index in [1.165, 1.54) is 0 Å². The number of benzene rings is 1. The second-order valence-electron chi connectivity index (χ2n) is 7.60. The van der Waals surface area contributed by atoms with Crippen LogP contribution < -0.4 is 22.1 Å². The predicted octanol–water partition coefficient (Wildman–Crippen LogP) is 1.95. The fourth-order valence-electron chi connectivity index (χ4n) is 3.82. The van der Waals surface area contributed by atoms with Gasteiger partial charge in [-0.2, -0.15) is 13.2 Å². The zero-order valence-corrected chi connectivity index (χ0v) is 16.7. The Kier molecular flexibility index (Phi) is 7.83. The van der Waals surface area contributed by atoms with Crippen LogP contribution in [0.2, 0.25) is 0 Å². The summed E-state index contributed by atoms with van der Waals surface area (Å²) in [4.78, 5) is 36.2. The van der Waals surface area contributed by atoms with Crippen LogP contribution in [-0.2, 0) is 11.0 Å². The molecule has 3 amide bonds. The smallest absolute Gasteiger partial charge is 0.366 e. The van der Waals surface area contributed by atoms with Gasteiger partial charge in [-0.1, -0.05) is 13.3 Å². The third-order valence-corrected chi connectivity index (χ3v) is 5.30. The van der Waals surface area contributed by atoms with E-state index in [9.17, 15) is 27.6 Å². The molecule has 0 bridgehead atoms. The summed E-state index contributed by atoms with van der Waals surface area (Å²) in [7, 11) is 0. The molecule has 0 spiro atoms. The highest BCUT2D eigenvalue weighted by molar-refractivity contribution is 6.07. The predicted molar refractivity (Wildman–Crippen MR) is 104 cm³/mol. The third-order valence-electron chi connectivity index (χ3n) is 5.30. The number of nitrogens with one attached hydrogen (secondary N) is 2. The molecule has 1 aromatic rings. The van der Waals surface area contributed by atoms with Gasteiger partial charge in [0.15, 0.2) is 0 Å². The van der Waals surface area contributed by atoms with Gasteiger partial charge in [0.2, 0.25) is 11.8 Å². The van der Waals surface area contributed by atoms with E-state index >= 15 is 0 Å². The van der Waals surface area contributed by atoms with Crippen molar-refractivity contribution < 1.29 is 27.6 Å². The number of carbonyl (C=O) groups excluding carboxylic acids is 3. The number of primary amides is 1. The number of hydrogen-bond acceptors (Lipinski definition) is 4. The van der Waals surface area contributed by atoms with Gasteiger partial charge in [0.1, 0.15) is 0 Å². The number of alkyl halides is 3. The Hall–Kier alpha value is -2.62. The first-order chi connectivity index (χ1) is 14.0. The van der Waals surface area contributed by atoms with Crippen LogP contribution in [-0.4, -0.2) is 36.3 Å². The lowest BCUT2D eigenvalue weighted by molar-refractivity contribution is -0.137. The average Bonchev–Trinajstić information content (AvgIpc) is 2.67. The van der Waals surface area contributed by atoms with Gasteiger partial charge in [0.25, 0.3) is 5.91 Å². The zero-order chi connectivity index (χ0) is 22.5. The quantitative estimate of drug-likeness (QED) is 0.529. The van der Waals surface area contributed by atoms with Gasteiger partial charge >= 0.3 is 6.18 Å². The summed E-state index contributed by atoms with van der Waals surface area (Å²) in [6.07, 6.45) is -0.520. The molecule has 1 saturated carbocycles. The maximum Gasteiger partial charge on any atom is 0.416 e. The van der Waals surface area contributed by atoms with Crippen molar-refractivity contribution in [3.8, 4) is 0 Å². The molecule has 1 fully saturated rings. The first-order valence-electron chi connectivity index (χ1n) is 9.87. The second kappa shape index (κ2) is 9.92. The molecule has 7 nitrogen and oxygen atoms in total. The van der Waals surface area contributed by atoms with Crippen molar-refractivity contribution in [2.45, 2.75) is 57.3 Å². The van der Waals surface area contributed by atoms with Crippen LogP contribution in [0.1, 0.15) is 65.3 Å². The monoisotopic (exact) mass is 428 g/mol. The summed E-state index contributed by atoms with van der Waals surface area (Å²) in [5, 5.41) is 5.14. The van der Waals surface area contributed by atoms with E-state index in [0.717, 1.165) is 38.2 Å². The van der Waals surface area contributed by atoms with Gasteiger partial charge in [-0.15, -0.1) is 0 Å². The highest BCUT2D eigenvalue weighted by Gasteiger charge is 2.33. The molecule has 1 aromatic carbocycles. The van der Waals surface area contributed by atoms with E-state index in [2.05, 4.69) is 10.6 Å². The zero-order valence-electron chi connectivity index (χ0n) is 16.7. The van der Waals surface area contributed by atoms with Crippen LogP contribution in [0, 0.1) is 5.92 Å². The molecule has 3 unspecified atom stereocenters. The van der Waals surface area contributed by atoms with Crippen molar-refractivity contribution in [3.05, 3.63) is 34.9 Å². The van der Waals surface area contributed by atoms with Gasteiger partial charge < -0.3 is 22.1 Å². The van der Waals surface area contributed by atoms with E-state index in [4.69, 9.17) is 11.5 Å². The number of amides is 3. The summed E-state index contributed by atoms with van der Waals surface area (Å²) < 4.78 is 38.8. The molecular weight excluding hydrogens is 401 g/mol. The topological polar surface area (TPSA) is 127 Å². The molecule has 1 aliphatic carbocycles. The van der Waals surface area contributed by atoms with Crippen LogP contribution in [0.4, 0.5) is 13.2 Å². The van der Waals surface area contributed by atoms with E-state index in [0.29, 0.717) is 12.1 Å². The molecule has 166 valence electrons. The standard InChI is InChI=1S/C20H27F3N4O3/c1-2-3-11-8-13(24)5-7-16(11)27-17(28)10-26-19(30)15-9-12(20(21,22)23)4-6-14(15)18(25)29/h4,6,9,11,13,16H,2-3,5,7-8,10,24H2,1H3,(H2,25,29)(H,26,30)(H,27,28). The van der Waals surface area contributed by atoms with Crippen molar-refractivity contribution >= 4 is 17.7 Å². The Morgan fingerprint density at radius 1 is 1.17 bits per heavy atom. The number of carbonyl (C=O) groups is 3. The SMILES string of the molecule is CCCC1CC(N)CCC1NC(=O)CNC(=O)c1cc(C(F)(F)F)ccc1C(N)=O. The largest absolute Gasteiger partial charge is 0.416 e. The van der Waals surface area contributed by atoms with E-state index in [1.54, 1.807) is 0 Å². The Bertz CT molecular complexity index is 798.